The van der Waals surface area contributed by atoms with Gasteiger partial charge in [0.1, 0.15) is 6.10 Å². The number of ether oxygens (including phenoxy) is 1. The molecule has 0 saturated carbocycles. The van der Waals surface area contributed by atoms with Gasteiger partial charge < -0.3 is 14.7 Å². The number of amides is 1. The van der Waals surface area contributed by atoms with E-state index in [-0.39, 0.29) is 30.2 Å². The van der Waals surface area contributed by atoms with Gasteiger partial charge in [0.2, 0.25) is 11.8 Å². The van der Waals surface area contributed by atoms with Crippen molar-refractivity contribution in [2.75, 3.05) is 13.1 Å². The molecule has 8 heteroatoms. The maximum Gasteiger partial charge on any atom is 0.417 e. The molecule has 0 radical (unpaired) electrons. The first kappa shape index (κ1) is 18.5. The number of hydrogen-bond donors (Lipinski definition) is 1. The third kappa shape index (κ3) is 4.83. The second-order valence-electron chi connectivity index (χ2n) is 6.27. The van der Waals surface area contributed by atoms with Crippen LogP contribution in [0.1, 0.15) is 32.3 Å². The largest absolute Gasteiger partial charge is 0.472 e. The van der Waals surface area contributed by atoms with E-state index < -0.39 is 17.8 Å². The Morgan fingerprint density at radius 2 is 2.17 bits per heavy atom. The summed E-state index contributed by atoms with van der Waals surface area (Å²) in [6, 6.07) is 2.09. The van der Waals surface area contributed by atoms with Crippen LogP contribution in [0.5, 0.6) is 5.88 Å². The van der Waals surface area contributed by atoms with Crippen LogP contribution < -0.4 is 4.74 Å². The zero-order valence-electron chi connectivity index (χ0n) is 13.6. The molecular weight excluding hydrogens is 325 g/mol. The van der Waals surface area contributed by atoms with Crippen molar-refractivity contribution < 1.29 is 27.8 Å². The SMILES string of the molecule is CC(C)C(O)CC(=O)N1CCC(Oc2ccc(C(F)(F)F)cn2)C1. The number of carbonyl (C=O) groups is 1. The van der Waals surface area contributed by atoms with E-state index in [0.29, 0.717) is 19.5 Å². The highest BCUT2D eigenvalue weighted by Gasteiger charge is 2.32. The van der Waals surface area contributed by atoms with E-state index in [0.717, 1.165) is 12.3 Å². The first-order chi connectivity index (χ1) is 11.2. The van der Waals surface area contributed by atoms with E-state index in [1.165, 1.54) is 6.07 Å². The van der Waals surface area contributed by atoms with Crippen LogP contribution in [0, 0.1) is 5.92 Å². The molecule has 1 fully saturated rings. The highest BCUT2D eigenvalue weighted by molar-refractivity contribution is 5.77. The monoisotopic (exact) mass is 346 g/mol. The highest BCUT2D eigenvalue weighted by Crippen LogP contribution is 2.29. The molecule has 134 valence electrons. The molecule has 2 atom stereocenters. The Kier molecular flexibility index (Phi) is 5.69. The van der Waals surface area contributed by atoms with Crippen LogP contribution in [0.3, 0.4) is 0 Å². The van der Waals surface area contributed by atoms with Gasteiger partial charge in [-0.1, -0.05) is 13.8 Å². The first-order valence-electron chi connectivity index (χ1n) is 7.82. The summed E-state index contributed by atoms with van der Waals surface area (Å²) in [5.74, 6) is -0.0489. The third-order valence-corrected chi connectivity index (χ3v) is 4.00. The van der Waals surface area contributed by atoms with Gasteiger partial charge in [0.25, 0.3) is 0 Å². The maximum absolute atomic E-state index is 12.5. The lowest BCUT2D eigenvalue weighted by Crippen LogP contribution is -2.34. The number of aromatic nitrogens is 1. The number of alkyl halides is 3. The Balaban J connectivity index is 1.86. The number of carbonyl (C=O) groups excluding carboxylic acids is 1. The zero-order chi connectivity index (χ0) is 17.9. The Bertz CT molecular complexity index is 561. The summed E-state index contributed by atoms with van der Waals surface area (Å²) in [6.07, 6.45) is -4.07. The summed E-state index contributed by atoms with van der Waals surface area (Å²) in [5, 5.41) is 9.77. The number of likely N-dealkylation sites (tertiary alicyclic amines) is 1. The normalized spacial score (nSPS) is 19.6. The van der Waals surface area contributed by atoms with Crippen LogP contribution in [-0.2, 0) is 11.0 Å². The number of pyridine rings is 1. The van der Waals surface area contributed by atoms with E-state index >= 15 is 0 Å². The van der Waals surface area contributed by atoms with E-state index in [4.69, 9.17) is 4.74 Å². The average Bonchev–Trinajstić information content (AvgIpc) is 2.95. The fraction of sp³-hybridized carbons (Fsp3) is 0.625. The molecule has 1 aromatic heterocycles. The standard InChI is InChI=1S/C16H21F3N2O3/c1-10(2)13(22)7-15(23)21-6-5-12(9-21)24-14-4-3-11(8-20-14)16(17,18)19/h3-4,8,10,12-13,22H,5-7,9H2,1-2H3. The van der Waals surface area contributed by atoms with Crippen molar-refractivity contribution in [2.45, 2.75) is 45.1 Å². The van der Waals surface area contributed by atoms with Crippen LogP contribution in [0.2, 0.25) is 0 Å². The van der Waals surface area contributed by atoms with Gasteiger partial charge in [-0.3, -0.25) is 4.79 Å². The number of hydrogen-bond acceptors (Lipinski definition) is 4. The molecule has 0 aromatic carbocycles. The van der Waals surface area contributed by atoms with E-state index in [2.05, 4.69) is 4.98 Å². The highest BCUT2D eigenvalue weighted by atomic mass is 19.4. The third-order valence-electron chi connectivity index (χ3n) is 4.00. The van der Waals surface area contributed by atoms with Gasteiger partial charge in [-0.15, -0.1) is 0 Å². The minimum atomic E-state index is -4.43. The Hall–Kier alpha value is -1.83. The molecule has 2 heterocycles. The predicted molar refractivity (Wildman–Crippen MR) is 80.3 cm³/mol. The zero-order valence-corrected chi connectivity index (χ0v) is 13.6. The van der Waals surface area contributed by atoms with Gasteiger partial charge in [-0.05, 0) is 12.0 Å². The quantitative estimate of drug-likeness (QED) is 0.890. The molecule has 1 aliphatic rings. The number of nitrogens with zero attached hydrogens (tertiary/aromatic N) is 2. The summed E-state index contributed by atoms with van der Waals surface area (Å²) in [6.45, 7) is 4.51. The van der Waals surface area contributed by atoms with Crippen LogP contribution in [0.15, 0.2) is 18.3 Å². The van der Waals surface area contributed by atoms with Crippen molar-refractivity contribution in [1.82, 2.24) is 9.88 Å². The van der Waals surface area contributed by atoms with Gasteiger partial charge in [-0.25, -0.2) is 4.98 Å². The smallest absolute Gasteiger partial charge is 0.417 e. The van der Waals surface area contributed by atoms with Crippen molar-refractivity contribution in [1.29, 1.82) is 0 Å². The molecule has 0 aliphatic carbocycles. The molecule has 2 unspecified atom stereocenters. The van der Waals surface area contributed by atoms with Crippen molar-refractivity contribution >= 4 is 5.91 Å². The topological polar surface area (TPSA) is 62.7 Å². The second kappa shape index (κ2) is 7.38. The maximum atomic E-state index is 12.5. The molecule has 1 aliphatic heterocycles. The first-order valence-corrected chi connectivity index (χ1v) is 7.82. The van der Waals surface area contributed by atoms with Crippen LogP contribution in [0.25, 0.3) is 0 Å². The van der Waals surface area contributed by atoms with Gasteiger partial charge >= 0.3 is 6.18 Å². The van der Waals surface area contributed by atoms with Crippen LogP contribution >= 0.6 is 0 Å². The average molecular weight is 346 g/mol. The molecule has 24 heavy (non-hydrogen) atoms. The fourth-order valence-corrected chi connectivity index (χ4v) is 2.38. The van der Waals surface area contributed by atoms with Gasteiger partial charge in [-0.2, -0.15) is 13.2 Å². The Morgan fingerprint density at radius 3 is 2.71 bits per heavy atom. The molecular formula is C16H21F3N2O3. The van der Waals surface area contributed by atoms with E-state index in [1.54, 1.807) is 4.90 Å². The molecule has 1 aromatic rings. The molecule has 2 rings (SSSR count). The summed E-state index contributed by atoms with van der Waals surface area (Å²) >= 11 is 0. The summed E-state index contributed by atoms with van der Waals surface area (Å²) in [7, 11) is 0. The Morgan fingerprint density at radius 1 is 1.46 bits per heavy atom. The van der Waals surface area contributed by atoms with Crippen molar-refractivity contribution in [3.63, 3.8) is 0 Å². The van der Waals surface area contributed by atoms with Crippen molar-refractivity contribution in [3.05, 3.63) is 23.9 Å². The summed E-state index contributed by atoms with van der Waals surface area (Å²) in [4.78, 5) is 17.3. The second-order valence-corrected chi connectivity index (χ2v) is 6.27. The van der Waals surface area contributed by atoms with Gasteiger partial charge in [0.15, 0.2) is 0 Å². The lowest BCUT2D eigenvalue weighted by molar-refractivity contribution is -0.138. The molecule has 5 nitrogen and oxygen atoms in total. The van der Waals surface area contributed by atoms with Crippen LogP contribution in [-0.4, -0.2) is 46.2 Å². The predicted octanol–water partition coefficient (Wildman–Crippen LogP) is 2.49. The lowest BCUT2D eigenvalue weighted by Gasteiger charge is -2.20. The minimum absolute atomic E-state index is 0.0000489. The summed E-state index contributed by atoms with van der Waals surface area (Å²) in [5.41, 5.74) is -0.833. The molecule has 1 saturated heterocycles. The molecule has 0 spiro atoms. The molecule has 0 bridgehead atoms. The number of aliphatic hydroxyl groups excluding tert-OH is 1. The number of halogens is 3. The summed E-state index contributed by atoms with van der Waals surface area (Å²) < 4.78 is 43.0. The van der Waals surface area contributed by atoms with Gasteiger partial charge in [0, 0.05) is 25.2 Å². The van der Waals surface area contributed by atoms with E-state index in [9.17, 15) is 23.1 Å². The minimum Gasteiger partial charge on any atom is -0.472 e. The lowest BCUT2D eigenvalue weighted by atomic mass is 10.0. The number of rotatable bonds is 5. The molecule has 1 N–H and O–H groups in total. The van der Waals surface area contributed by atoms with Gasteiger partial charge in [0.05, 0.1) is 24.6 Å². The Labute approximate surface area is 138 Å². The number of aliphatic hydroxyl groups is 1. The van der Waals surface area contributed by atoms with Crippen LogP contribution in [0.4, 0.5) is 13.2 Å². The fourth-order valence-electron chi connectivity index (χ4n) is 2.38. The van der Waals surface area contributed by atoms with Crippen molar-refractivity contribution in [2.24, 2.45) is 5.92 Å². The molecule has 1 amide bonds. The van der Waals surface area contributed by atoms with E-state index in [1.807, 2.05) is 13.8 Å². The van der Waals surface area contributed by atoms with Crippen molar-refractivity contribution in [3.8, 4) is 5.88 Å².